The minimum absolute atomic E-state index is 0.0836. The second-order valence-corrected chi connectivity index (χ2v) is 9.31. The molecule has 0 spiro atoms. The average molecular weight is 417 g/mol. The van der Waals surface area contributed by atoms with Crippen molar-refractivity contribution in [2.75, 3.05) is 26.1 Å². The Morgan fingerprint density at radius 2 is 2.15 bits per heavy atom. The number of phenolic OH excluding ortho intramolecular Hbond substituents is 1. The van der Waals surface area contributed by atoms with Crippen molar-refractivity contribution in [3.8, 4) is 5.75 Å². The number of benzene rings is 1. The van der Waals surface area contributed by atoms with Crippen LogP contribution in [0.1, 0.15) is 25.3 Å². The molecule has 8 heteroatoms. The maximum absolute atomic E-state index is 12.2. The second kappa shape index (κ2) is 9.21. The number of rotatable bonds is 8. The number of aliphatic hydroxyl groups excluding tert-OH is 2. The molecule has 6 nitrogen and oxygen atoms in total. The lowest BCUT2D eigenvalue weighted by Crippen LogP contribution is -2.29. The molecule has 1 aliphatic heterocycles. The van der Waals surface area contributed by atoms with Crippen molar-refractivity contribution in [3.05, 3.63) is 45.5 Å². The number of allylic oxidation sites excluding steroid dienone is 1. The van der Waals surface area contributed by atoms with Crippen LogP contribution in [-0.4, -0.2) is 61.2 Å². The van der Waals surface area contributed by atoms with Crippen LogP contribution in [-0.2, 0) is 14.6 Å². The SMILES string of the molecule is COCC1=C([C@H](O)CC/C(C)=C/c2ccc(O)cc2Cl)[C@H](CO)S(=O)(=O)C1. The molecule has 1 aliphatic rings. The zero-order chi connectivity index (χ0) is 20.2. The van der Waals surface area contributed by atoms with Gasteiger partial charge in [-0.2, -0.15) is 0 Å². The van der Waals surface area contributed by atoms with Gasteiger partial charge in [0.15, 0.2) is 9.84 Å². The van der Waals surface area contributed by atoms with Crippen LogP contribution in [0, 0.1) is 0 Å². The molecule has 0 fully saturated rings. The fraction of sp³-hybridized carbons (Fsp3) is 0.474. The van der Waals surface area contributed by atoms with Crippen LogP contribution in [0.2, 0.25) is 5.02 Å². The van der Waals surface area contributed by atoms with Gasteiger partial charge < -0.3 is 20.1 Å². The lowest BCUT2D eigenvalue weighted by molar-refractivity contribution is 0.182. The number of hydrogen-bond acceptors (Lipinski definition) is 6. The zero-order valence-electron chi connectivity index (χ0n) is 15.4. The quantitative estimate of drug-likeness (QED) is 0.562. The Hall–Kier alpha value is -1.38. The van der Waals surface area contributed by atoms with Gasteiger partial charge in [-0.15, -0.1) is 0 Å². The Labute approximate surface area is 164 Å². The average Bonchev–Trinajstić information content (AvgIpc) is 2.85. The monoisotopic (exact) mass is 416 g/mol. The molecule has 1 heterocycles. The van der Waals surface area contributed by atoms with Gasteiger partial charge in [0.05, 0.1) is 30.1 Å². The third kappa shape index (κ3) is 5.33. The summed E-state index contributed by atoms with van der Waals surface area (Å²) in [5, 5.41) is 28.9. The highest BCUT2D eigenvalue weighted by atomic mass is 35.5. The molecule has 0 aliphatic carbocycles. The Balaban J connectivity index is 2.14. The number of halogens is 1. The van der Waals surface area contributed by atoms with Crippen LogP contribution in [0.5, 0.6) is 5.75 Å². The van der Waals surface area contributed by atoms with E-state index in [1.165, 1.54) is 19.2 Å². The van der Waals surface area contributed by atoms with E-state index in [0.29, 0.717) is 29.0 Å². The summed E-state index contributed by atoms with van der Waals surface area (Å²) >= 11 is 6.09. The Kier molecular flexibility index (Phi) is 7.47. The van der Waals surface area contributed by atoms with E-state index in [-0.39, 0.29) is 18.1 Å². The molecule has 2 atom stereocenters. The minimum atomic E-state index is -3.52. The molecule has 0 saturated carbocycles. The first-order chi connectivity index (χ1) is 12.7. The first-order valence-corrected chi connectivity index (χ1v) is 10.7. The smallest absolute Gasteiger partial charge is 0.163 e. The van der Waals surface area contributed by atoms with Gasteiger partial charge in [0.25, 0.3) is 0 Å². The summed E-state index contributed by atoms with van der Waals surface area (Å²) < 4.78 is 29.5. The highest BCUT2D eigenvalue weighted by Gasteiger charge is 2.40. The first kappa shape index (κ1) is 21.9. The van der Waals surface area contributed by atoms with Crippen LogP contribution in [0.25, 0.3) is 6.08 Å². The van der Waals surface area contributed by atoms with Crippen molar-refractivity contribution in [1.82, 2.24) is 0 Å². The highest BCUT2D eigenvalue weighted by molar-refractivity contribution is 7.92. The van der Waals surface area contributed by atoms with Gasteiger partial charge in [0.1, 0.15) is 11.0 Å². The molecule has 150 valence electrons. The summed E-state index contributed by atoms with van der Waals surface area (Å²) in [6, 6.07) is 4.69. The Morgan fingerprint density at radius 1 is 1.44 bits per heavy atom. The molecular formula is C19H25ClO6S. The summed E-state index contributed by atoms with van der Waals surface area (Å²) in [4.78, 5) is 0. The van der Waals surface area contributed by atoms with E-state index < -0.39 is 27.8 Å². The van der Waals surface area contributed by atoms with E-state index in [0.717, 1.165) is 11.1 Å². The van der Waals surface area contributed by atoms with Crippen LogP contribution in [0.15, 0.2) is 34.9 Å². The van der Waals surface area contributed by atoms with Gasteiger partial charge >= 0.3 is 0 Å². The van der Waals surface area contributed by atoms with E-state index in [2.05, 4.69) is 0 Å². The largest absolute Gasteiger partial charge is 0.508 e. The van der Waals surface area contributed by atoms with E-state index in [9.17, 15) is 23.7 Å². The number of hydrogen-bond donors (Lipinski definition) is 3. The summed E-state index contributed by atoms with van der Waals surface area (Å²) in [5.41, 5.74) is 2.57. The van der Waals surface area contributed by atoms with Crippen molar-refractivity contribution in [2.45, 2.75) is 31.1 Å². The van der Waals surface area contributed by atoms with Crippen molar-refractivity contribution in [3.63, 3.8) is 0 Å². The fourth-order valence-corrected chi connectivity index (χ4v) is 5.40. The molecule has 3 N–H and O–H groups in total. The van der Waals surface area contributed by atoms with E-state index >= 15 is 0 Å². The van der Waals surface area contributed by atoms with E-state index in [4.69, 9.17) is 16.3 Å². The van der Waals surface area contributed by atoms with Crippen LogP contribution in [0.3, 0.4) is 0 Å². The van der Waals surface area contributed by atoms with Crippen molar-refractivity contribution >= 4 is 27.5 Å². The molecule has 0 unspecified atom stereocenters. The van der Waals surface area contributed by atoms with E-state index in [1.54, 1.807) is 6.07 Å². The molecule has 0 amide bonds. The van der Waals surface area contributed by atoms with Crippen molar-refractivity contribution in [1.29, 1.82) is 0 Å². The fourth-order valence-electron chi connectivity index (χ4n) is 3.30. The van der Waals surface area contributed by atoms with Crippen LogP contribution in [0.4, 0.5) is 0 Å². The molecular weight excluding hydrogens is 392 g/mol. The van der Waals surface area contributed by atoms with Crippen molar-refractivity contribution < 1.29 is 28.5 Å². The summed E-state index contributed by atoms with van der Waals surface area (Å²) in [6.45, 7) is 1.44. The number of methoxy groups -OCH3 is 1. The van der Waals surface area contributed by atoms with Gasteiger partial charge in [-0.1, -0.05) is 23.3 Å². The summed E-state index contributed by atoms with van der Waals surface area (Å²) in [7, 11) is -2.06. The predicted molar refractivity (Wildman–Crippen MR) is 106 cm³/mol. The first-order valence-electron chi connectivity index (χ1n) is 8.56. The Bertz CT molecular complexity index is 844. The van der Waals surface area contributed by atoms with Gasteiger partial charge in [-0.05, 0) is 54.7 Å². The third-order valence-corrected chi connectivity index (χ3v) is 6.95. The molecule has 1 aromatic rings. The molecule has 27 heavy (non-hydrogen) atoms. The van der Waals surface area contributed by atoms with Gasteiger partial charge in [0.2, 0.25) is 0 Å². The third-order valence-electron chi connectivity index (χ3n) is 4.61. The minimum Gasteiger partial charge on any atom is -0.508 e. The maximum Gasteiger partial charge on any atom is 0.163 e. The molecule has 0 saturated heterocycles. The topological polar surface area (TPSA) is 104 Å². The number of ether oxygens (including phenoxy) is 1. The molecule has 0 aromatic heterocycles. The molecule has 1 aromatic carbocycles. The molecule has 0 radical (unpaired) electrons. The summed E-state index contributed by atoms with van der Waals surface area (Å²) in [6.07, 6.45) is 1.70. The second-order valence-electron chi connectivity index (χ2n) is 6.72. The number of phenols is 1. The normalized spacial score (nSPS) is 20.9. The highest BCUT2D eigenvalue weighted by Crippen LogP contribution is 2.32. The van der Waals surface area contributed by atoms with Gasteiger partial charge in [0, 0.05) is 7.11 Å². The molecule has 2 rings (SSSR count). The lowest BCUT2D eigenvalue weighted by Gasteiger charge is -2.19. The van der Waals surface area contributed by atoms with Crippen LogP contribution >= 0.6 is 11.6 Å². The maximum atomic E-state index is 12.2. The van der Waals surface area contributed by atoms with Gasteiger partial charge in [-0.3, -0.25) is 0 Å². The molecule has 0 bridgehead atoms. The van der Waals surface area contributed by atoms with Crippen LogP contribution < -0.4 is 0 Å². The van der Waals surface area contributed by atoms with Gasteiger partial charge in [-0.25, -0.2) is 8.42 Å². The van der Waals surface area contributed by atoms with Crippen molar-refractivity contribution in [2.24, 2.45) is 0 Å². The number of aliphatic hydroxyl groups is 2. The zero-order valence-corrected chi connectivity index (χ0v) is 16.9. The predicted octanol–water partition coefficient (Wildman–Crippen LogP) is 2.32. The number of aromatic hydroxyl groups is 1. The van der Waals surface area contributed by atoms with E-state index in [1.807, 2.05) is 13.0 Å². The number of sulfone groups is 1. The standard InChI is InChI=1S/C19H25ClO6S/c1-12(7-13-4-5-15(22)8-16(13)20)3-6-17(23)19-14(10-26-2)11-27(24,25)18(19)9-21/h4-5,7-8,17-18,21-23H,3,6,9-11H2,1-2H3/b12-7+/t17-,18+/m1/s1. The summed E-state index contributed by atoms with van der Waals surface area (Å²) in [5.74, 6) is -0.114. The lowest BCUT2D eigenvalue weighted by atomic mass is 9.95. The Morgan fingerprint density at radius 3 is 2.74 bits per heavy atom.